The molecule has 2 heterocycles. The lowest BCUT2D eigenvalue weighted by atomic mass is 9.89. The number of guanidine groups is 1. The number of aromatic nitrogens is 1. The van der Waals surface area contributed by atoms with E-state index in [0.29, 0.717) is 12.1 Å². The van der Waals surface area contributed by atoms with Crippen LogP contribution in [0.15, 0.2) is 23.3 Å². The predicted molar refractivity (Wildman–Crippen MR) is 135 cm³/mol. The highest BCUT2D eigenvalue weighted by Gasteiger charge is 2.21. The number of halogens is 1. The summed E-state index contributed by atoms with van der Waals surface area (Å²) in [5.41, 5.74) is 1.17. The molecule has 2 aliphatic rings. The molecule has 0 spiro atoms. The van der Waals surface area contributed by atoms with Gasteiger partial charge in [0.1, 0.15) is 6.10 Å². The van der Waals surface area contributed by atoms with Crippen molar-refractivity contribution in [3.05, 3.63) is 23.9 Å². The minimum absolute atomic E-state index is 0. The van der Waals surface area contributed by atoms with Crippen molar-refractivity contribution in [3.8, 4) is 5.88 Å². The van der Waals surface area contributed by atoms with Crippen LogP contribution in [-0.4, -0.2) is 54.7 Å². The number of piperidine rings is 1. The molecule has 1 saturated heterocycles. The Morgan fingerprint density at radius 2 is 1.93 bits per heavy atom. The number of ether oxygens (including phenoxy) is 1. The Kier molecular flexibility index (Phi) is 11.2. The van der Waals surface area contributed by atoms with Gasteiger partial charge in [-0.25, -0.2) is 4.98 Å². The van der Waals surface area contributed by atoms with Gasteiger partial charge < -0.3 is 20.3 Å². The molecule has 1 saturated carbocycles. The molecular weight excluding hydrogens is 489 g/mol. The number of nitrogens with zero attached hydrogens (tertiary/aromatic N) is 3. The summed E-state index contributed by atoms with van der Waals surface area (Å²) in [6.45, 7) is 8.86. The molecule has 0 bridgehead atoms. The van der Waals surface area contributed by atoms with E-state index < -0.39 is 0 Å². The van der Waals surface area contributed by atoms with Gasteiger partial charge in [0, 0.05) is 45.0 Å². The highest BCUT2D eigenvalue weighted by Crippen LogP contribution is 2.26. The minimum Gasteiger partial charge on any atom is -0.474 e. The van der Waals surface area contributed by atoms with Crippen molar-refractivity contribution in [1.29, 1.82) is 0 Å². The van der Waals surface area contributed by atoms with Crippen LogP contribution in [0.25, 0.3) is 0 Å². The third kappa shape index (κ3) is 8.21. The first kappa shape index (κ1) is 25.2. The van der Waals surface area contributed by atoms with Crippen LogP contribution in [0.1, 0.15) is 64.4 Å². The first-order valence-corrected chi connectivity index (χ1v) is 11.5. The van der Waals surface area contributed by atoms with E-state index in [0.717, 1.165) is 37.1 Å². The van der Waals surface area contributed by atoms with Gasteiger partial charge in [0.05, 0.1) is 0 Å². The van der Waals surface area contributed by atoms with Crippen LogP contribution in [0.4, 0.5) is 0 Å². The van der Waals surface area contributed by atoms with Crippen LogP contribution >= 0.6 is 24.0 Å². The molecule has 0 radical (unpaired) electrons. The van der Waals surface area contributed by atoms with Crippen molar-refractivity contribution in [1.82, 2.24) is 20.5 Å². The van der Waals surface area contributed by atoms with Gasteiger partial charge in [-0.2, -0.15) is 0 Å². The number of aliphatic imine (C=N–C) groups is 1. The number of pyridine rings is 1. The molecule has 0 atom stereocenters. The normalized spacial score (nSPS) is 23.5. The summed E-state index contributed by atoms with van der Waals surface area (Å²) in [7, 11) is 1.84. The lowest BCUT2D eigenvalue weighted by molar-refractivity contribution is 0.130. The zero-order valence-electron chi connectivity index (χ0n) is 18.9. The van der Waals surface area contributed by atoms with Crippen molar-refractivity contribution < 1.29 is 4.74 Å². The minimum atomic E-state index is 0. The Hall–Kier alpha value is -1.09. The summed E-state index contributed by atoms with van der Waals surface area (Å²) in [4.78, 5) is 11.4. The molecule has 0 unspecified atom stereocenters. The highest BCUT2D eigenvalue weighted by molar-refractivity contribution is 14.0. The van der Waals surface area contributed by atoms with Crippen LogP contribution in [0.3, 0.4) is 0 Å². The second-order valence-electron chi connectivity index (χ2n) is 8.69. The van der Waals surface area contributed by atoms with E-state index in [1.807, 2.05) is 19.3 Å². The van der Waals surface area contributed by atoms with Gasteiger partial charge in [0.15, 0.2) is 5.96 Å². The molecule has 0 amide bonds. The maximum absolute atomic E-state index is 6.14. The van der Waals surface area contributed by atoms with Gasteiger partial charge in [-0.05, 0) is 69.0 Å². The van der Waals surface area contributed by atoms with Crippen molar-refractivity contribution in [3.63, 3.8) is 0 Å². The highest BCUT2D eigenvalue weighted by atomic mass is 127. The van der Waals surface area contributed by atoms with E-state index in [2.05, 4.69) is 45.4 Å². The summed E-state index contributed by atoms with van der Waals surface area (Å²) in [6, 6.07) is 4.60. The van der Waals surface area contributed by atoms with E-state index in [-0.39, 0.29) is 24.0 Å². The molecule has 3 rings (SSSR count). The fourth-order valence-corrected chi connectivity index (χ4v) is 4.33. The molecule has 6 nitrogen and oxygen atoms in total. The lowest BCUT2D eigenvalue weighted by Gasteiger charge is -2.32. The number of likely N-dealkylation sites (tertiary alicyclic amines) is 1. The average Bonchev–Trinajstić information content (AvgIpc) is 2.74. The summed E-state index contributed by atoms with van der Waals surface area (Å²) >= 11 is 0. The molecular formula is C23H40IN5O. The average molecular weight is 530 g/mol. The van der Waals surface area contributed by atoms with Crippen LogP contribution in [0.2, 0.25) is 0 Å². The molecule has 2 N–H and O–H groups in total. The molecule has 30 heavy (non-hydrogen) atoms. The van der Waals surface area contributed by atoms with Crippen LogP contribution in [-0.2, 0) is 6.54 Å². The van der Waals surface area contributed by atoms with E-state index in [4.69, 9.17) is 4.74 Å². The third-order valence-corrected chi connectivity index (χ3v) is 6.20. The Bertz CT molecular complexity index is 640. The Balaban J connectivity index is 0.00000320. The smallest absolute Gasteiger partial charge is 0.213 e. The van der Waals surface area contributed by atoms with Crippen molar-refractivity contribution in [2.75, 3.05) is 26.7 Å². The SMILES string of the molecule is CCCN1CCC(NC(=NC)NCc2ccnc(OC3CCC(C)CC3)c2)CC1.I. The topological polar surface area (TPSA) is 61.8 Å². The van der Waals surface area contributed by atoms with E-state index in [1.165, 1.54) is 57.3 Å². The van der Waals surface area contributed by atoms with E-state index >= 15 is 0 Å². The fraction of sp³-hybridized carbons (Fsp3) is 0.739. The summed E-state index contributed by atoms with van der Waals surface area (Å²) in [5, 5.41) is 7.04. The monoisotopic (exact) mass is 529 g/mol. The lowest BCUT2D eigenvalue weighted by Crippen LogP contribution is -2.48. The maximum Gasteiger partial charge on any atom is 0.213 e. The first-order chi connectivity index (χ1) is 14.2. The van der Waals surface area contributed by atoms with Crippen molar-refractivity contribution in [2.45, 2.75) is 77.5 Å². The molecule has 1 aromatic heterocycles. The molecule has 1 aliphatic carbocycles. The number of nitrogens with one attached hydrogen (secondary N) is 2. The molecule has 1 aromatic rings. The van der Waals surface area contributed by atoms with Gasteiger partial charge in [-0.3, -0.25) is 4.99 Å². The quantitative estimate of drug-likeness (QED) is 0.315. The zero-order chi connectivity index (χ0) is 20.5. The molecule has 0 aromatic carbocycles. The largest absolute Gasteiger partial charge is 0.474 e. The fourth-order valence-electron chi connectivity index (χ4n) is 4.33. The van der Waals surface area contributed by atoms with Gasteiger partial charge in [-0.1, -0.05) is 13.8 Å². The summed E-state index contributed by atoms with van der Waals surface area (Å²) < 4.78 is 6.14. The number of hydrogen-bond acceptors (Lipinski definition) is 4. The second kappa shape index (κ2) is 13.3. The van der Waals surface area contributed by atoms with Crippen molar-refractivity contribution >= 4 is 29.9 Å². The van der Waals surface area contributed by atoms with Gasteiger partial charge >= 0.3 is 0 Å². The first-order valence-electron chi connectivity index (χ1n) is 11.5. The molecule has 7 heteroatoms. The van der Waals surface area contributed by atoms with Gasteiger partial charge in [-0.15, -0.1) is 24.0 Å². The second-order valence-corrected chi connectivity index (χ2v) is 8.69. The number of hydrogen-bond donors (Lipinski definition) is 2. The van der Waals surface area contributed by atoms with Crippen LogP contribution < -0.4 is 15.4 Å². The molecule has 1 aliphatic heterocycles. The standard InChI is InChI=1S/C23H39N5O.HI/c1-4-13-28-14-10-20(11-15-28)27-23(24-3)26-17-19-9-12-25-22(16-19)29-21-7-5-18(2)6-8-21;/h9,12,16,18,20-21H,4-8,10-11,13-15,17H2,1-3H3,(H2,24,26,27);1H. The molecule has 2 fully saturated rings. The number of rotatable bonds is 7. The van der Waals surface area contributed by atoms with Gasteiger partial charge in [0.2, 0.25) is 5.88 Å². The maximum atomic E-state index is 6.14. The Labute approximate surface area is 199 Å². The van der Waals surface area contributed by atoms with Crippen LogP contribution in [0.5, 0.6) is 5.88 Å². The Morgan fingerprint density at radius 3 is 2.60 bits per heavy atom. The van der Waals surface area contributed by atoms with E-state index in [1.54, 1.807) is 0 Å². The summed E-state index contributed by atoms with van der Waals surface area (Å²) in [5.74, 6) is 2.45. The third-order valence-electron chi connectivity index (χ3n) is 6.20. The molecule has 170 valence electrons. The summed E-state index contributed by atoms with van der Waals surface area (Å²) in [6.07, 6.45) is 10.5. The zero-order valence-corrected chi connectivity index (χ0v) is 21.2. The van der Waals surface area contributed by atoms with Gasteiger partial charge in [0.25, 0.3) is 0 Å². The van der Waals surface area contributed by atoms with Crippen LogP contribution in [0, 0.1) is 5.92 Å². The Morgan fingerprint density at radius 1 is 1.20 bits per heavy atom. The predicted octanol–water partition coefficient (Wildman–Crippen LogP) is 4.20. The van der Waals surface area contributed by atoms with Crippen molar-refractivity contribution in [2.24, 2.45) is 10.9 Å². The van der Waals surface area contributed by atoms with E-state index in [9.17, 15) is 0 Å².